The first-order valence-corrected chi connectivity index (χ1v) is 7.71. The number of aryl methyl sites for hydroxylation is 1. The second kappa shape index (κ2) is 5.30. The van der Waals surface area contributed by atoms with Crippen LogP contribution in [0.5, 0.6) is 0 Å². The molecule has 0 atom stereocenters. The van der Waals surface area contributed by atoms with E-state index >= 15 is 0 Å². The van der Waals surface area contributed by atoms with Gasteiger partial charge in [0.05, 0.1) is 15.1 Å². The van der Waals surface area contributed by atoms with Crippen LogP contribution in [0, 0.1) is 12.7 Å². The quantitative estimate of drug-likeness (QED) is 0.923. The average molecular weight is 344 g/mol. The van der Waals surface area contributed by atoms with Crippen molar-refractivity contribution in [3.8, 4) is 0 Å². The summed E-state index contributed by atoms with van der Waals surface area (Å²) >= 11 is 3.03. The highest BCUT2D eigenvalue weighted by molar-refractivity contribution is 9.10. The minimum atomic E-state index is -3.66. The largest absolute Gasteiger partial charge is 0.279 e. The van der Waals surface area contributed by atoms with Gasteiger partial charge in [-0.05, 0) is 52.7 Å². The maximum absolute atomic E-state index is 13.3. The molecule has 2 aromatic rings. The number of sulfonamides is 1. The lowest BCUT2D eigenvalue weighted by Gasteiger charge is -2.11. The molecule has 1 N–H and O–H groups in total. The monoisotopic (exact) mass is 343 g/mol. The van der Waals surface area contributed by atoms with E-state index in [9.17, 15) is 12.8 Å². The predicted molar refractivity (Wildman–Crippen MR) is 76.1 cm³/mol. The molecule has 2 rings (SSSR count). The van der Waals surface area contributed by atoms with Gasteiger partial charge >= 0.3 is 0 Å². The van der Waals surface area contributed by atoms with E-state index in [1.807, 2.05) is 0 Å². The Labute approximate surface area is 119 Å². The molecule has 0 aliphatic heterocycles. The zero-order valence-electron chi connectivity index (χ0n) is 10.0. The fourth-order valence-electron chi connectivity index (χ4n) is 1.56. The lowest BCUT2D eigenvalue weighted by atomic mass is 10.2. The molecule has 0 bridgehead atoms. The molecule has 0 unspecified atom stereocenters. The number of anilines is 1. The molecular formula is C13H11BrFNO2S. The molecule has 0 aromatic heterocycles. The zero-order chi connectivity index (χ0) is 14.0. The molecule has 19 heavy (non-hydrogen) atoms. The van der Waals surface area contributed by atoms with Gasteiger partial charge in [0.15, 0.2) is 0 Å². The maximum Gasteiger partial charge on any atom is 0.261 e. The van der Waals surface area contributed by atoms with E-state index in [2.05, 4.69) is 20.7 Å². The Balaban J connectivity index is 2.39. The summed E-state index contributed by atoms with van der Waals surface area (Å²) in [6.45, 7) is 1.64. The van der Waals surface area contributed by atoms with Crippen molar-refractivity contribution in [3.63, 3.8) is 0 Å². The van der Waals surface area contributed by atoms with E-state index in [0.717, 1.165) is 0 Å². The number of benzene rings is 2. The van der Waals surface area contributed by atoms with Crippen molar-refractivity contribution in [2.24, 2.45) is 0 Å². The van der Waals surface area contributed by atoms with Crippen LogP contribution in [0.2, 0.25) is 0 Å². The van der Waals surface area contributed by atoms with Gasteiger partial charge in [0.25, 0.3) is 10.0 Å². The Morgan fingerprint density at radius 3 is 2.42 bits per heavy atom. The summed E-state index contributed by atoms with van der Waals surface area (Å²) in [7, 11) is -3.66. The summed E-state index contributed by atoms with van der Waals surface area (Å²) in [5, 5.41) is 0. The van der Waals surface area contributed by atoms with E-state index in [4.69, 9.17) is 0 Å². The van der Waals surface area contributed by atoms with Gasteiger partial charge in [0.2, 0.25) is 0 Å². The first kappa shape index (κ1) is 14.0. The number of hydrogen-bond acceptors (Lipinski definition) is 2. The third kappa shape index (κ3) is 3.13. The number of hydrogen-bond donors (Lipinski definition) is 1. The molecule has 0 saturated heterocycles. The van der Waals surface area contributed by atoms with Gasteiger partial charge < -0.3 is 0 Å². The molecule has 3 nitrogen and oxygen atoms in total. The molecule has 0 spiro atoms. The van der Waals surface area contributed by atoms with Gasteiger partial charge in [-0.3, -0.25) is 4.72 Å². The summed E-state index contributed by atoms with van der Waals surface area (Å²) in [5.41, 5.74) is 0.859. The summed E-state index contributed by atoms with van der Waals surface area (Å²) in [4.78, 5) is 0.162. The fraction of sp³-hybridized carbons (Fsp3) is 0.0769. The molecule has 0 heterocycles. The van der Waals surface area contributed by atoms with Crippen LogP contribution in [0.3, 0.4) is 0 Å². The van der Waals surface area contributed by atoms with Crippen LogP contribution < -0.4 is 4.72 Å². The molecule has 2 aromatic carbocycles. The Morgan fingerprint density at radius 1 is 1.16 bits per heavy atom. The second-order valence-electron chi connectivity index (χ2n) is 4.00. The Morgan fingerprint density at radius 2 is 1.79 bits per heavy atom. The summed E-state index contributed by atoms with van der Waals surface area (Å²) in [6.07, 6.45) is 0. The highest BCUT2D eigenvalue weighted by atomic mass is 79.9. The molecular weight excluding hydrogens is 333 g/mol. The molecule has 0 aliphatic rings. The van der Waals surface area contributed by atoms with Crippen molar-refractivity contribution >= 4 is 31.6 Å². The summed E-state index contributed by atoms with van der Waals surface area (Å²) < 4.78 is 40.2. The van der Waals surface area contributed by atoms with E-state index < -0.39 is 15.8 Å². The minimum absolute atomic E-state index is 0.162. The number of rotatable bonds is 3. The smallest absolute Gasteiger partial charge is 0.261 e. The lowest BCUT2D eigenvalue weighted by molar-refractivity contribution is 0.600. The van der Waals surface area contributed by atoms with Crippen LogP contribution in [0.4, 0.5) is 10.1 Å². The van der Waals surface area contributed by atoms with Gasteiger partial charge in [-0.2, -0.15) is 0 Å². The molecule has 0 saturated carbocycles. The van der Waals surface area contributed by atoms with Crippen LogP contribution >= 0.6 is 15.9 Å². The normalized spacial score (nSPS) is 11.3. The van der Waals surface area contributed by atoms with Gasteiger partial charge in [-0.1, -0.05) is 18.2 Å². The predicted octanol–water partition coefficient (Wildman–Crippen LogP) is 3.70. The molecule has 0 amide bonds. The molecule has 0 aliphatic carbocycles. The summed E-state index contributed by atoms with van der Waals surface area (Å²) in [6, 6.07) is 10.7. The van der Waals surface area contributed by atoms with Crippen molar-refractivity contribution in [1.82, 2.24) is 0 Å². The number of nitrogens with one attached hydrogen (secondary N) is 1. The van der Waals surface area contributed by atoms with Crippen LogP contribution in [0.25, 0.3) is 0 Å². The van der Waals surface area contributed by atoms with Crippen molar-refractivity contribution < 1.29 is 12.8 Å². The van der Waals surface area contributed by atoms with Crippen LogP contribution in [0.1, 0.15) is 5.56 Å². The van der Waals surface area contributed by atoms with Crippen molar-refractivity contribution in [2.45, 2.75) is 11.8 Å². The SMILES string of the molecule is Cc1cc(F)c(Br)cc1NS(=O)(=O)c1ccccc1. The van der Waals surface area contributed by atoms with Gasteiger partial charge in [-0.15, -0.1) is 0 Å². The zero-order valence-corrected chi connectivity index (χ0v) is 12.4. The standard InChI is InChI=1S/C13H11BrFNO2S/c1-9-7-12(15)11(14)8-13(9)16-19(17,18)10-5-3-2-4-6-10/h2-8,16H,1H3. The third-order valence-corrected chi connectivity index (χ3v) is 4.55. The van der Waals surface area contributed by atoms with E-state index in [1.165, 1.54) is 24.3 Å². The molecule has 100 valence electrons. The van der Waals surface area contributed by atoms with E-state index in [-0.39, 0.29) is 9.37 Å². The molecule has 6 heteroatoms. The van der Waals surface area contributed by atoms with Gasteiger partial charge in [0, 0.05) is 0 Å². The van der Waals surface area contributed by atoms with Crippen molar-refractivity contribution in [1.29, 1.82) is 0 Å². The van der Waals surface area contributed by atoms with Crippen molar-refractivity contribution in [2.75, 3.05) is 4.72 Å². The van der Waals surface area contributed by atoms with Gasteiger partial charge in [0.1, 0.15) is 5.82 Å². The maximum atomic E-state index is 13.3. The highest BCUT2D eigenvalue weighted by Gasteiger charge is 2.15. The highest BCUT2D eigenvalue weighted by Crippen LogP contribution is 2.26. The Hall–Kier alpha value is -1.40. The molecule has 0 fully saturated rings. The van der Waals surface area contributed by atoms with E-state index in [1.54, 1.807) is 25.1 Å². The molecule has 0 radical (unpaired) electrons. The first-order valence-electron chi connectivity index (χ1n) is 5.43. The lowest BCUT2D eigenvalue weighted by Crippen LogP contribution is -2.13. The first-order chi connectivity index (χ1) is 8.90. The van der Waals surface area contributed by atoms with Gasteiger partial charge in [-0.25, -0.2) is 12.8 Å². The number of halogens is 2. The van der Waals surface area contributed by atoms with Crippen molar-refractivity contribution in [3.05, 3.63) is 58.3 Å². The topological polar surface area (TPSA) is 46.2 Å². The fourth-order valence-corrected chi connectivity index (χ4v) is 3.05. The Bertz CT molecular complexity index is 702. The van der Waals surface area contributed by atoms with Crippen LogP contribution in [0.15, 0.2) is 51.8 Å². The third-order valence-electron chi connectivity index (χ3n) is 2.57. The Kier molecular flexibility index (Phi) is 3.91. The average Bonchev–Trinajstić information content (AvgIpc) is 2.37. The second-order valence-corrected chi connectivity index (χ2v) is 6.54. The van der Waals surface area contributed by atoms with Crippen LogP contribution in [-0.4, -0.2) is 8.42 Å². The van der Waals surface area contributed by atoms with Crippen LogP contribution in [-0.2, 0) is 10.0 Å². The minimum Gasteiger partial charge on any atom is -0.279 e. The summed E-state index contributed by atoms with van der Waals surface area (Å²) in [5.74, 6) is -0.430. The van der Waals surface area contributed by atoms with E-state index in [0.29, 0.717) is 11.3 Å².